The summed E-state index contributed by atoms with van der Waals surface area (Å²) in [7, 11) is -3.10. The molecule has 2 amide bonds. The lowest BCUT2D eigenvalue weighted by molar-refractivity contribution is -0.147. The fourth-order valence-electron chi connectivity index (χ4n) is 7.56. The molecule has 17 heteroatoms. The van der Waals surface area contributed by atoms with Crippen LogP contribution >= 0.6 is 0 Å². The van der Waals surface area contributed by atoms with Crippen molar-refractivity contribution in [2.45, 2.75) is 66.9 Å². The Kier molecular flexibility index (Phi) is 9.54. The van der Waals surface area contributed by atoms with Crippen LogP contribution in [-0.2, 0) is 33.6 Å². The molecule has 49 heavy (non-hydrogen) atoms. The monoisotopic (exact) mass is 714 g/mol. The highest BCUT2D eigenvalue weighted by Gasteiger charge is 2.63. The predicted octanol–water partition coefficient (Wildman–Crippen LogP) is 3.98. The molecule has 1 heterocycles. The minimum absolute atomic E-state index is 0.0251. The van der Waals surface area contributed by atoms with Crippen LogP contribution in [0.5, 0.6) is 11.5 Å². The molecule has 6 atom stereocenters. The Labute approximate surface area is 278 Å². The van der Waals surface area contributed by atoms with Crippen LogP contribution in [0.3, 0.4) is 0 Å². The number of esters is 1. The average molecular weight is 715 g/mol. The highest BCUT2D eigenvalue weighted by atomic mass is 32.2. The number of rotatable bonds is 9. The average Bonchev–Trinajstić information content (AvgIpc) is 3.78. The van der Waals surface area contributed by atoms with Crippen molar-refractivity contribution >= 4 is 33.3 Å². The van der Waals surface area contributed by atoms with Crippen molar-refractivity contribution < 1.29 is 64.0 Å². The third kappa shape index (κ3) is 6.55. The van der Waals surface area contributed by atoms with Crippen molar-refractivity contribution in [3.63, 3.8) is 0 Å². The number of carbonyl (C=O) groups excluding carboxylic acids is 3. The first kappa shape index (κ1) is 34.9. The van der Waals surface area contributed by atoms with Crippen molar-refractivity contribution in [3.05, 3.63) is 47.8 Å². The van der Waals surface area contributed by atoms with E-state index in [4.69, 9.17) is 23.7 Å². The number of amides is 2. The number of anilines is 1. The summed E-state index contributed by atoms with van der Waals surface area (Å²) in [4.78, 5) is 38.4. The zero-order valence-corrected chi connectivity index (χ0v) is 27.1. The van der Waals surface area contributed by atoms with Gasteiger partial charge in [0, 0.05) is 29.6 Å². The Morgan fingerprint density at radius 1 is 0.939 bits per heavy atom. The first-order valence-electron chi connectivity index (χ1n) is 15.6. The highest BCUT2D eigenvalue weighted by molar-refractivity contribution is 7.92. The molecule has 4 fully saturated rings. The topological polar surface area (TPSA) is 156 Å². The van der Waals surface area contributed by atoms with E-state index in [1.807, 2.05) is 0 Å². The van der Waals surface area contributed by atoms with Gasteiger partial charge >= 0.3 is 11.5 Å². The van der Waals surface area contributed by atoms with Gasteiger partial charge in [0.25, 0.3) is 15.7 Å². The van der Waals surface area contributed by atoms with E-state index in [0.717, 1.165) is 18.2 Å². The van der Waals surface area contributed by atoms with Crippen molar-refractivity contribution in [3.8, 4) is 11.5 Å². The van der Waals surface area contributed by atoms with Gasteiger partial charge in [-0.1, -0.05) is 6.07 Å². The summed E-state index contributed by atoms with van der Waals surface area (Å²) >= 11 is 0. The number of ether oxygens (including phenoxy) is 5. The lowest BCUT2D eigenvalue weighted by atomic mass is 9.80. The summed E-state index contributed by atoms with van der Waals surface area (Å²) in [6.07, 6.45) is 1.01. The van der Waals surface area contributed by atoms with Gasteiger partial charge in [-0.3, -0.25) is 14.4 Å². The molecule has 2 aromatic carbocycles. The van der Waals surface area contributed by atoms with Crippen LogP contribution in [0.15, 0.2) is 41.3 Å². The van der Waals surface area contributed by atoms with Crippen LogP contribution < -0.4 is 20.1 Å². The SMILES string of the molecule is COc1cc(F)c(O[C@H]2CC[C@@H](C(=O)OC)CC2)cc1C(=O)N[C@@H]1[C@@H]2C[C@@H]([C@H]3OCO[C@@H]23)[C@@H]1C(=O)Nc1cccc(S(=O)(=O)C(F)(F)F)c1. The molecule has 2 N–H and O–H groups in total. The fourth-order valence-corrected chi connectivity index (χ4v) is 8.36. The van der Waals surface area contributed by atoms with Gasteiger partial charge in [0.1, 0.15) is 12.5 Å². The van der Waals surface area contributed by atoms with Crippen molar-refractivity contribution in [2.75, 3.05) is 26.3 Å². The Bertz CT molecular complexity index is 1730. The molecule has 1 aliphatic heterocycles. The van der Waals surface area contributed by atoms with Crippen LogP contribution in [0.25, 0.3) is 0 Å². The Morgan fingerprint density at radius 3 is 2.29 bits per heavy atom. The van der Waals surface area contributed by atoms with Crippen LogP contribution in [0, 0.1) is 29.5 Å². The lowest BCUT2D eigenvalue weighted by Gasteiger charge is -2.36. The Hall–Kier alpha value is -3.96. The van der Waals surface area contributed by atoms with E-state index >= 15 is 4.39 Å². The van der Waals surface area contributed by atoms with Gasteiger partial charge in [-0.2, -0.15) is 13.2 Å². The highest BCUT2D eigenvalue weighted by Crippen LogP contribution is 2.53. The summed E-state index contributed by atoms with van der Waals surface area (Å²) in [5.41, 5.74) is -5.80. The minimum atomic E-state index is -5.67. The molecule has 2 aromatic rings. The molecular weight excluding hydrogens is 680 g/mol. The second-order valence-corrected chi connectivity index (χ2v) is 14.5. The number of carbonyl (C=O) groups is 3. The first-order chi connectivity index (χ1) is 23.2. The molecule has 0 radical (unpaired) electrons. The Morgan fingerprint density at radius 2 is 1.63 bits per heavy atom. The lowest BCUT2D eigenvalue weighted by Crippen LogP contribution is -2.55. The molecule has 0 unspecified atom stereocenters. The third-order valence-corrected chi connectivity index (χ3v) is 11.3. The number of methoxy groups -OCH3 is 2. The zero-order chi connectivity index (χ0) is 35.2. The second-order valence-electron chi connectivity index (χ2n) is 12.5. The fraction of sp³-hybridized carbons (Fsp3) is 0.531. The summed E-state index contributed by atoms with van der Waals surface area (Å²) in [5.74, 6) is -4.82. The van der Waals surface area contributed by atoms with E-state index in [0.29, 0.717) is 38.2 Å². The van der Waals surface area contributed by atoms with Crippen molar-refractivity contribution in [1.82, 2.24) is 5.32 Å². The molecular formula is C32H34F4N2O10S. The van der Waals surface area contributed by atoms with Crippen LogP contribution in [0.2, 0.25) is 0 Å². The number of fused-ring (bicyclic) bond motifs is 5. The van der Waals surface area contributed by atoms with Gasteiger partial charge in [0.05, 0.1) is 54.8 Å². The molecule has 12 nitrogen and oxygen atoms in total. The maximum atomic E-state index is 15.1. The van der Waals surface area contributed by atoms with E-state index in [1.54, 1.807) is 0 Å². The van der Waals surface area contributed by atoms with Gasteiger partial charge in [-0.25, -0.2) is 12.8 Å². The standard InChI is InChI=1S/C32H34F4N2O10S/c1-44-23-13-22(33)24(48-17-8-6-15(7-9-17)31(41)45-2)12-19(23)29(39)38-26-21-11-20(27-28(21)47-14-46-27)25(26)30(40)37-16-4-3-5-18(10-16)49(42,43)32(34,35)36/h3-5,10,12-13,15,17,20-21,25-28H,6-9,11,14H2,1-2H3,(H,37,40)(H,38,39)/t15-,17+,20-,21+,25+,26-,27-,28+/m1/s1. The number of nitrogens with one attached hydrogen (secondary N) is 2. The molecule has 0 aromatic heterocycles. The van der Waals surface area contributed by atoms with E-state index < -0.39 is 74.1 Å². The third-order valence-electron chi connectivity index (χ3n) is 9.86. The second kappa shape index (κ2) is 13.4. The van der Waals surface area contributed by atoms with Crippen LogP contribution in [0.4, 0.5) is 23.2 Å². The maximum absolute atomic E-state index is 15.1. The van der Waals surface area contributed by atoms with Crippen LogP contribution in [0.1, 0.15) is 42.5 Å². The molecule has 2 bridgehead atoms. The summed E-state index contributed by atoms with van der Waals surface area (Å²) in [6, 6.07) is 5.18. The largest absolute Gasteiger partial charge is 0.501 e. The van der Waals surface area contributed by atoms with Gasteiger partial charge < -0.3 is 34.3 Å². The molecule has 6 rings (SSSR count). The molecule has 1 saturated heterocycles. The number of benzene rings is 2. The summed E-state index contributed by atoms with van der Waals surface area (Å²) < 4.78 is 106. The van der Waals surface area contributed by atoms with Crippen molar-refractivity contribution in [1.29, 1.82) is 0 Å². The van der Waals surface area contributed by atoms with Gasteiger partial charge in [0.2, 0.25) is 5.91 Å². The predicted molar refractivity (Wildman–Crippen MR) is 161 cm³/mol. The number of hydrogen-bond donors (Lipinski definition) is 2. The molecule has 266 valence electrons. The minimum Gasteiger partial charge on any atom is -0.496 e. The normalized spacial score (nSPS) is 29.2. The van der Waals surface area contributed by atoms with E-state index in [1.165, 1.54) is 26.4 Å². The van der Waals surface area contributed by atoms with Gasteiger partial charge in [-0.15, -0.1) is 0 Å². The molecule has 4 aliphatic rings. The quantitative estimate of drug-likeness (QED) is 0.288. The molecule has 3 saturated carbocycles. The number of alkyl halides is 3. The number of hydrogen-bond acceptors (Lipinski definition) is 10. The van der Waals surface area contributed by atoms with E-state index in [-0.39, 0.29) is 47.3 Å². The smallest absolute Gasteiger partial charge is 0.496 e. The summed E-state index contributed by atoms with van der Waals surface area (Å²) in [5, 5.41) is 5.38. The van der Waals surface area contributed by atoms with Crippen LogP contribution in [-0.4, -0.2) is 77.1 Å². The maximum Gasteiger partial charge on any atom is 0.501 e. The van der Waals surface area contributed by atoms with E-state index in [2.05, 4.69) is 10.6 Å². The zero-order valence-electron chi connectivity index (χ0n) is 26.3. The first-order valence-corrected chi connectivity index (χ1v) is 17.1. The number of sulfone groups is 1. The molecule has 0 spiro atoms. The molecule has 3 aliphatic carbocycles. The van der Waals surface area contributed by atoms with Gasteiger partial charge in [-0.05, 0) is 56.4 Å². The summed E-state index contributed by atoms with van der Waals surface area (Å²) in [6.45, 7) is -0.0251. The Balaban J connectivity index is 1.22. The number of halogens is 4. The van der Waals surface area contributed by atoms with E-state index in [9.17, 15) is 36.0 Å². The van der Waals surface area contributed by atoms with Gasteiger partial charge in [0.15, 0.2) is 11.6 Å². The van der Waals surface area contributed by atoms with Crippen molar-refractivity contribution in [2.24, 2.45) is 23.7 Å².